The number of hydrogen-bond acceptors (Lipinski definition) is 2. The van der Waals surface area contributed by atoms with Crippen LogP contribution in [0.25, 0.3) is 0 Å². The van der Waals surface area contributed by atoms with E-state index in [0.717, 1.165) is 0 Å². The topological polar surface area (TPSA) is 29.5 Å². The average Bonchev–Trinajstić information content (AvgIpc) is 2.28. The highest BCUT2D eigenvalue weighted by molar-refractivity contribution is 14.1. The number of morpholine rings is 1. The first kappa shape index (κ1) is 12.8. The molecule has 0 unspecified atom stereocenters. The fourth-order valence-corrected chi connectivity index (χ4v) is 2.56. The first-order chi connectivity index (χ1) is 8.09. The first-order valence-corrected chi connectivity index (χ1v) is 6.52. The van der Waals surface area contributed by atoms with E-state index in [-0.39, 0.29) is 17.6 Å². The van der Waals surface area contributed by atoms with Crippen molar-refractivity contribution in [1.29, 1.82) is 0 Å². The molecule has 1 aliphatic heterocycles. The average molecular weight is 349 g/mol. The second kappa shape index (κ2) is 5.30. The lowest BCUT2D eigenvalue weighted by molar-refractivity contribution is -0.0126. The molecule has 1 fully saturated rings. The standard InChI is InChI=1S/C12H13FINO2/c1-8-7-15(5-6-17-8)12(16)11-9(13)3-2-4-10(11)14/h2-4,8H,5-7H2,1H3/t8-/m1/s1. The fraction of sp³-hybridized carbons (Fsp3) is 0.417. The maximum Gasteiger partial charge on any atom is 0.258 e. The summed E-state index contributed by atoms with van der Waals surface area (Å²) < 4.78 is 19.7. The molecule has 1 saturated heterocycles. The number of halogens is 2. The lowest BCUT2D eigenvalue weighted by atomic mass is 10.1. The van der Waals surface area contributed by atoms with Crippen LogP contribution in [-0.4, -0.2) is 36.6 Å². The number of benzene rings is 1. The molecule has 1 aliphatic rings. The minimum atomic E-state index is -0.457. The van der Waals surface area contributed by atoms with Crippen LogP contribution in [0.3, 0.4) is 0 Å². The number of ether oxygens (including phenoxy) is 1. The second-order valence-electron chi connectivity index (χ2n) is 4.03. The van der Waals surface area contributed by atoms with Crippen LogP contribution in [-0.2, 0) is 4.74 Å². The van der Waals surface area contributed by atoms with Gasteiger partial charge in [-0.2, -0.15) is 0 Å². The van der Waals surface area contributed by atoms with Crippen molar-refractivity contribution in [3.8, 4) is 0 Å². The third kappa shape index (κ3) is 2.77. The molecule has 5 heteroatoms. The molecule has 0 N–H and O–H groups in total. The van der Waals surface area contributed by atoms with Crippen LogP contribution in [0, 0.1) is 9.39 Å². The summed E-state index contributed by atoms with van der Waals surface area (Å²) in [6.07, 6.45) is 0.0112. The molecular weight excluding hydrogens is 336 g/mol. The lowest BCUT2D eigenvalue weighted by Gasteiger charge is -2.31. The van der Waals surface area contributed by atoms with Crippen molar-refractivity contribution < 1.29 is 13.9 Å². The minimum absolute atomic E-state index is 0.0112. The number of nitrogens with zero attached hydrogens (tertiary/aromatic N) is 1. The van der Waals surface area contributed by atoms with E-state index >= 15 is 0 Å². The van der Waals surface area contributed by atoms with Gasteiger partial charge in [-0.05, 0) is 41.6 Å². The van der Waals surface area contributed by atoms with Crippen molar-refractivity contribution in [3.63, 3.8) is 0 Å². The van der Waals surface area contributed by atoms with Crippen molar-refractivity contribution in [3.05, 3.63) is 33.1 Å². The van der Waals surface area contributed by atoms with Crippen LogP contribution in [0.4, 0.5) is 4.39 Å². The summed E-state index contributed by atoms with van der Waals surface area (Å²) in [6.45, 7) is 3.46. The van der Waals surface area contributed by atoms with Crippen LogP contribution in [0.5, 0.6) is 0 Å². The molecule has 0 bridgehead atoms. The van der Waals surface area contributed by atoms with Gasteiger partial charge in [0.2, 0.25) is 0 Å². The van der Waals surface area contributed by atoms with Gasteiger partial charge in [-0.15, -0.1) is 0 Å². The summed E-state index contributed by atoms with van der Waals surface area (Å²) in [6, 6.07) is 4.66. The highest BCUT2D eigenvalue weighted by Gasteiger charge is 2.25. The van der Waals surface area contributed by atoms with Crippen molar-refractivity contribution in [2.45, 2.75) is 13.0 Å². The molecule has 0 aromatic heterocycles. The van der Waals surface area contributed by atoms with Crippen molar-refractivity contribution in [1.82, 2.24) is 4.90 Å². The highest BCUT2D eigenvalue weighted by Crippen LogP contribution is 2.19. The maximum atomic E-state index is 13.7. The second-order valence-corrected chi connectivity index (χ2v) is 5.19. The van der Waals surface area contributed by atoms with Gasteiger partial charge in [0.1, 0.15) is 5.82 Å². The maximum absolute atomic E-state index is 13.7. The summed E-state index contributed by atoms with van der Waals surface area (Å²) in [5, 5.41) is 0. The Bertz CT molecular complexity index is 418. The summed E-state index contributed by atoms with van der Waals surface area (Å²) in [5.74, 6) is -0.705. The summed E-state index contributed by atoms with van der Waals surface area (Å²) in [7, 11) is 0. The molecule has 17 heavy (non-hydrogen) atoms. The number of carbonyl (C=O) groups is 1. The van der Waals surface area contributed by atoms with E-state index in [1.54, 1.807) is 17.0 Å². The Hall–Kier alpha value is -0.690. The largest absolute Gasteiger partial charge is 0.375 e. The molecule has 0 aliphatic carbocycles. The van der Waals surface area contributed by atoms with Gasteiger partial charge in [0.25, 0.3) is 5.91 Å². The van der Waals surface area contributed by atoms with Crippen molar-refractivity contribution in [2.24, 2.45) is 0 Å². The van der Waals surface area contributed by atoms with E-state index in [0.29, 0.717) is 23.3 Å². The number of amides is 1. The molecule has 0 saturated carbocycles. The van der Waals surface area contributed by atoms with E-state index in [9.17, 15) is 9.18 Å². The number of hydrogen-bond donors (Lipinski definition) is 0. The van der Waals surface area contributed by atoms with Gasteiger partial charge in [-0.1, -0.05) is 6.07 Å². The zero-order valence-electron chi connectivity index (χ0n) is 9.45. The van der Waals surface area contributed by atoms with Gasteiger partial charge in [-0.3, -0.25) is 4.79 Å². The Labute approximate surface area is 113 Å². The van der Waals surface area contributed by atoms with Crippen molar-refractivity contribution in [2.75, 3.05) is 19.7 Å². The Kier molecular flexibility index (Phi) is 3.98. The zero-order valence-corrected chi connectivity index (χ0v) is 11.6. The normalized spacial score (nSPS) is 20.4. The summed E-state index contributed by atoms with van der Waals surface area (Å²) >= 11 is 1.98. The molecule has 92 valence electrons. The molecule has 3 nitrogen and oxygen atoms in total. The van der Waals surface area contributed by atoms with Crippen LogP contribution < -0.4 is 0 Å². The smallest absolute Gasteiger partial charge is 0.258 e. The van der Waals surface area contributed by atoms with Gasteiger partial charge in [0.05, 0.1) is 18.3 Å². The SMILES string of the molecule is C[C@@H]1CN(C(=O)c2c(F)cccc2I)CCO1. The molecular formula is C12H13FINO2. The van der Waals surface area contributed by atoms with E-state index in [1.807, 2.05) is 29.5 Å². The molecule has 2 rings (SSSR count). The van der Waals surface area contributed by atoms with Crippen molar-refractivity contribution >= 4 is 28.5 Å². The first-order valence-electron chi connectivity index (χ1n) is 5.44. The van der Waals surface area contributed by atoms with E-state index in [1.165, 1.54) is 6.07 Å². The van der Waals surface area contributed by atoms with Crippen LogP contribution in [0.2, 0.25) is 0 Å². The van der Waals surface area contributed by atoms with Gasteiger partial charge < -0.3 is 9.64 Å². The van der Waals surface area contributed by atoms with Gasteiger partial charge in [0, 0.05) is 16.7 Å². The van der Waals surface area contributed by atoms with Gasteiger partial charge in [-0.25, -0.2) is 4.39 Å². The molecule has 1 amide bonds. The molecule has 1 aromatic carbocycles. The molecule has 0 spiro atoms. The highest BCUT2D eigenvalue weighted by atomic mass is 127. The third-order valence-electron chi connectivity index (χ3n) is 2.70. The van der Waals surface area contributed by atoms with Gasteiger partial charge >= 0.3 is 0 Å². The Morgan fingerprint density at radius 3 is 3.00 bits per heavy atom. The molecule has 0 radical (unpaired) electrons. The third-order valence-corrected chi connectivity index (χ3v) is 3.60. The van der Waals surface area contributed by atoms with Crippen LogP contribution in [0.15, 0.2) is 18.2 Å². The number of rotatable bonds is 1. The van der Waals surface area contributed by atoms with Crippen LogP contribution >= 0.6 is 22.6 Å². The molecule has 1 aromatic rings. The van der Waals surface area contributed by atoms with Crippen LogP contribution in [0.1, 0.15) is 17.3 Å². The van der Waals surface area contributed by atoms with E-state index in [4.69, 9.17) is 4.74 Å². The van der Waals surface area contributed by atoms with E-state index in [2.05, 4.69) is 0 Å². The Morgan fingerprint density at radius 1 is 1.59 bits per heavy atom. The number of carbonyl (C=O) groups excluding carboxylic acids is 1. The summed E-state index contributed by atoms with van der Waals surface area (Å²) in [4.78, 5) is 13.9. The monoisotopic (exact) mass is 349 g/mol. The summed E-state index contributed by atoms with van der Waals surface area (Å²) in [5.41, 5.74) is 0.169. The Balaban J connectivity index is 2.24. The Morgan fingerprint density at radius 2 is 2.35 bits per heavy atom. The molecule has 1 heterocycles. The quantitative estimate of drug-likeness (QED) is 0.729. The zero-order chi connectivity index (χ0) is 12.4. The predicted molar refractivity (Wildman–Crippen MR) is 70.4 cm³/mol. The molecule has 1 atom stereocenters. The minimum Gasteiger partial charge on any atom is -0.375 e. The predicted octanol–water partition coefficient (Wildman–Crippen LogP) is 2.29. The lowest BCUT2D eigenvalue weighted by Crippen LogP contribution is -2.45. The van der Waals surface area contributed by atoms with Gasteiger partial charge in [0.15, 0.2) is 0 Å². The fourth-order valence-electron chi connectivity index (χ4n) is 1.86. The van der Waals surface area contributed by atoms with E-state index < -0.39 is 5.82 Å².